The van der Waals surface area contributed by atoms with E-state index in [2.05, 4.69) is 48.1 Å². The Kier molecular flexibility index (Phi) is 11.4. The number of rotatable bonds is 7. The van der Waals surface area contributed by atoms with Gasteiger partial charge in [-0.1, -0.05) is 6.92 Å². The molecule has 6 heteroatoms. The van der Waals surface area contributed by atoms with E-state index in [-0.39, 0.29) is 24.0 Å². The Morgan fingerprint density at radius 3 is 2.67 bits per heavy atom. The number of halogens is 1. The number of hydrogen-bond donors (Lipinski definition) is 1. The largest absolute Gasteiger partial charge is 0.381 e. The zero-order chi connectivity index (χ0) is 15.0. The molecule has 0 amide bonds. The van der Waals surface area contributed by atoms with Crippen LogP contribution in [0.5, 0.6) is 0 Å². The molecule has 0 aromatic carbocycles. The Labute approximate surface area is 147 Å². The number of guanidine groups is 1. The van der Waals surface area contributed by atoms with Crippen molar-refractivity contribution in [3.63, 3.8) is 0 Å². The maximum absolute atomic E-state index is 5.43. The van der Waals surface area contributed by atoms with Crippen molar-refractivity contribution in [1.29, 1.82) is 0 Å². The molecular weight excluding hydrogens is 379 g/mol. The predicted molar refractivity (Wildman–Crippen MR) is 101 cm³/mol. The van der Waals surface area contributed by atoms with Crippen LogP contribution in [0.4, 0.5) is 0 Å². The van der Waals surface area contributed by atoms with Crippen LogP contribution in [0, 0.1) is 5.92 Å². The zero-order valence-electron chi connectivity index (χ0n) is 14.3. The molecule has 126 valence electrons. The van der Waals surface area contributed by atoms with Gasteiger partial charge in [-0.25, -0.2) is 0 Å². The molecule has 1 aliphatic heterocycles. The number of nitrogens with one attached hydrogen (secondary N) is 1. The molecule has 2 atom stereocenters. The second kappa shape index (κ2) is 11.5. The Balaban J connectivity index is 0.00000400. The van der Waals surface area contributed by atoms with Crippen LogP contribution in [0.2, 0.25) is 0 Å². The fourth-order valence-electron chi connectivity index (χ4n) is 2.46. The molecule has 2 unspecified atom stereocenters. The minimum atomic E-state index is 0. The maximum atomic E-state index is 5.43. The van der Waals surface area contributed by atoms with Crippen molar-refractivity contribution in [3.8, 4) is 0 Å². The summed E-state index contributed by atoms with van der Waals surface area (Å²) in [7, 11) is 6.13. The van der Waals surface area contributed by atoms with E-state index in [1.54, 1.807) is 0 Å². The van der Waals surface area contributed by atoms with Crippen LogP contribution in [-0.2, 0) is 4.74 Å². The SMILES string of the molecule is CCC(C)N(C)CCNC(=NC)N(C)CC1CCOC1.I. The fraction of sp³-hybridized carbons (Fsp3) is 0.933. The van der Waals surface area contributed by atoms with Crippen molar-refractivity contribution >= 4 is 29.9 Å². The summed E-state index contributed by atoms with van der Waals surface area (Å²) in [6.45, 7) is 9.27. The highest BCUT2D eigenvalue weighted by Gasteiger charge is 2.19. The smallest absolute Gasteiger partial charge is 0.193 e. The van der Waals surface area contributed by atoms with Crippen molar-refractivity contribution in [3.05, 3.63) is 0 Å². The van der Waals surface area contributed by atoms with Crippen molar-refractivity contribution < 1.29 is 4.74 Å². The van der Waals surface area contributed by atoms with Gasteiger partial charge in [-0.05, 0) is 26.8 Å². The van der Waals surface area contributed by atoms with Crippen molar-refractivity contribution in [1.82, 2.24) is 15.1 Å². The van der Waals surface area contributed by atoms with Crippen LogP contribution in [-0.4, -0.2) is 75.8 Å². The third-order valence-corrected chi connectivity index (χ3v) is 4.22. The summed E-state index contributed by atoms with van der Waals surface area (Å²) >= 11 is 0. The Morgan fingerprint density at radius 2 is 2.14 bits per heavy atom. The number of nitrogens with zero attached hydrogens (tertiary/aromatic N) is 3. The van der Waals surface area contributed by atoms with Gasteiger partial charge in [-0.15, -0.1) is 24.0 Å². The lowest BCUT2D eigenvalue weighted by Gasteiger charge is -2.27. The molecule has 1 aliphatic rings. The van der Waals surface area contributed by atoms with Gasteiger partial charge in [0.25, 0.3) is 0 Å². The van der Waals surface area contributed by atoms with E-state index in [9.17, 15) is 0 Å². The molecule has 1 fully saturated rings. The van der Waals surface area contributed by atoms with Gasteiger partial charge in [-0.3, -0.25) is 4.99 Å². The molecule has 1 rings (SSSR count). The molecule has 0 aromatic heterocycles. The molecule has 5 nitrogen and oxygen atoms in total. The third kappa shape index (κ3) is 7.65. The third-order valence-electron chi connectivity index (χ3n) is 4.22. The molecule has 0 aromatic rings. The van der Waals surface area contributed by atoms with E-state index in [1.165, 1.54) is 6.42 Å². The van der Waals surface area contributed by atoms with Gasteiger partial charge in [0, 0.05) is 52.3 Å². The summed E-state index contributed by atoms with van der Waals surface area (Å²) in [5.74, 6) is 1.62. The number of ether oxygens (including phenoxy) is 1. The highest BCUT2D eigenvalue weighted by atomic mass is 127. The molecule has 1 heterocycles. The maximum Gasteiger partial charge on any atom is 0.193 e. The first kappa shape index (κ1) is 20.9. The van der Waals surface area contributed by atoms with E-state index in [0.29, 0.717) is 12.0 Å². The molecule has 1 N–H and O–H groups in total. The molecule has 21 heavy (non-hydrogen) atoms. The Bertz CT molecular complexity index is 295. The van der Waals surface area contributed by atoms with Gasteiger partial charge in [0.05, 0.1) is 6.61 Å². The van der Waals surface area contributed by atoms with Gasteiger partial charge >= 0.3 is 0 Å². The average Bonchev–Trinajstić information content (AvgIpc) is 2.95. The summed E-state index contributed by atoms with van der Waals surface area (Å²) < 4.78 is 5.43. The summed E-state index contributed by atoms with van der Waals surface area (Å²) in [5.41, 5.74) is 0. The molecule has 0 saturated carbocycles. The Hall–Kier alpha value is -0.0800. The molecule has 0 aliphatic carbocycles. The molecular formula is C15H33IN4O. The first-order chi connectivity index (χ1) is 9.58. The summed E-state index contributed by atoms with van der Waals surface area (Å²) in [4.78, 5) is 8.95. The first-order valence-electron chi connectivity index (χ1n) is 7.78. The van der Waals surface area contributed by atoms with Crippen molar-refractivity contribution in [2.24, 2.45) is 10.9 Å². The van der Waals surface area contributed by atoms with Crippen molar-refractivity contribution in [2.75, 3.05) is 54.0 Å². The van der Waals surface area contributed by atoms with Gasteiger partial charge < -0.3 is 19.9 Å². The monoisotopic (exact) mass is 412 g/mol. The second-order valence-electron chi connectivity index (χ2n) is 5.82. The van der Waals surface area contributed by atoms with Gasteiger partial charge in [0.1, 0.15) is 0 Å². The zero-order valence-corrected chi connectivity index (χ0v) is 16.6. The standard InChI is InChI=1S/C15H32N4O.HI/c1-6-13(2)18(4)9-8-17-15(16-3)19(5)11-14-7-10-20-12-14;/h13-14H,6-12H2,1-5H3,(H,16,17);1H. The van der Waals surface area contributed by atoms with Crippen LogP contribution in [0.25, 0.3) is 0 Å². The number of hydrogen-bond acceptors (Lipinski definition) is 3. The molecule has 0 radical (unpaired) electrons. The van der Waals surface area contributed by atoms with Crippen LogP contribution >= 0.6 is 24.0 Å². The van der Waals surface area contributed by atoms with Gasteiger partial charge in [0.2, 0.25) is 0 Å². The van der Waals surface area contributed by atoms with Crippen LogP contribution in [0.3, 0.4) is 0 Å². The van der Waals surface area contributed by atoms with Gasteiger partial charge in [-0.2, -0.15) is 0 Å². The fourth-order valence-corrected chi connectivity index (χ4v) is 2.46. The molecule has 0 bridgehead atoms. The van der Waals surface area contributed by atoms with Crippen LogP contribution < -0.4 is 5.32 Å². The number of aliphatic imine (C=N–C) groups is 1. The highest BCUT2D eigenvalue weighted by molar-refractivity contribution is 14.0. The predicted octanol–water partition coefficient (Wildman–Crippen LogP) is 1.88. The normalized spacial score (nSPS) is 20.3. The summed E-state index contributed by atoms with van der Waals surface area (Å²) in [6, 6.07) is 0.632. The topological polar surface area (TPSA) is 40.1 Å². The molecule has 0 spiro atoms. The van der Waals surface area contributed by atoms with Crippen LogP contribution in [0.1, 0.15) is 26.7 Å². The highest BCUT2D eigenvalue weighted by Crippen LogP contribution is 2.13. The quantitative estimate of drug-likeness (QED) is 0.394. The van der Waals surface area contributed by atoms with E-state index in [0.717, 1.165) is 45.2 Å². The van der Waals surface area contributed by atoms with Crippen LogP contribution in [0.15, 0.2) is 4.99 Å². The lowest BCUT2D eigenvalue weighted by atomic mass is 10.1. The second-order valence-corrected chi connectivity index (χ2v) is 5.82. The lowest BCUT2D eigenvalue weighted by molar-refractivity contribution is 0.181. The molecule has 1 saturated heterocycles. The minimum Gasteiger partial charge on any atom is -0.381 e. The van der Waals surface area contributed by atoms with Gasteiger partial charge in [0.15, 0.2) is 5.96 Å². The van der Waals surface area contributed by atoms with E-state index in [1.807, 2.05) is 7.05 Å². The van der Waals surface area contributed by atoms with E-state index >= 15 is 0 Å². The van der Waals surface area contributed by atoms with E-state index in [4.69, 9.17) is 4.74 Å². The first-order valence-corrected chi connectivity index (χ1v) is 7.78. The average molecular weight is 412 g/mol. The van der Waals surface area contributed by atoms with Crippen molar-refractivity contribution in [2.45, 2.75) is 32.7 Å². The van der Waals surface area contributed by atoms with E-state index < -0.39 is 0 Å². The lowest BCUT2D eigenvalue weighted by Crippen LogP contribution is -2.44. The summed E-state index contributed by atoms with van der Waals surface area (Å²) in [5, 5.41) is 3.45. The summed E-state index contributed by atoms with van der Waals surface area (Å²) in [6.07, 6.45) is 2.35. The Morgan fingerprint density at radius 1 is 1.43 bits per heavy atom. The number of likely N-dealkylation sites (N-methyl/N-ethyl adjacent to an activating group) is 1. The minimum absolute atomic E-state index is 0.